The van der Waals surface area contributed by atoms with Crippen LogP contribution in [0.25, 0.3) is 21.5 Å². The van der Waals surface area contributed by atoms with Gasteiger partial charge in [0.1, 0.15) is 17.2 Å². The van der Waals surface area contributed by atoms with Crippen molar-refractivity contribution in [3.63, 3.8) is 0 Å². The molecular formula is C24H25N5O3S. The maximum absolute atomic E-state index is 12.1. The first-order valence-corrected chi connectivity index (χ1v) is 11.2. The molecule has 0 bridgehead atoms. The Balaban J connectivity index is 1.79. The summed E-state index contributed by atoms with van der Waals surface area (Å²) in [5.41, 5.74) is 8.31. The lowest BCUT2D eigenvalue weighted by molar-refractivity contribution is 0.102. The lowest BCUT2D eigenvalue weighted by Crippen LogP contribution is -2.35. The number of hydrogen-bond acceptors (Lipinski definition) is 9. The second-order valence-electron chi connectivity index (χ2n) is 8.33. The molecule has 0 fully saturated rings. The number of carbonyl (C=O) groups is 1. The van der Waals surface area contributed by atoms with Gasteiger partial charge in [0.25, 0.3) is 0 Å². The van der Waals surface area contributed by atoms with E-state index in [2.05, 4.69) is 20.3 Å². The van der Waals surface area contributed by atoms with E-state index in [1.807, 2.05) is 50.2 Å². The highest BCUT2D eigenvalue weighted by atomic mass is 32.1. The summed E-state index contributed by atoms with van der Waals surface area (Å²) in [6.07, 6.45) is 3.31. The number of fused-ring (bicyclic) bond motifs is 1. The van der Waals surface area contributed by atoms with Gasteiger partial charge in [-0.3, -0.25) is 9.78 Å². The Labute approximate surface area is 195 Å². The van der Waals surface area contributed by atoms with Gasteiger partial charge < -0.3 is 20.9 Å². The van der Waals surface area contributed by atoms with E-state index in [9.17, 15) is 9.90 Å². The van der Waals surface area contributed by atoms with E-state index in [1.165, 1.54) is 18.3 Å². The first-order valence-electron chi connectivity index (χ1n) is 10.4. The third-order valence-corrected chi connectivity index (χ3v) is 6.19. The van der Waals surface area contributed by atoms with Crippen LogP contribution < -0.4 is 15.8 Å². The monoisotopic (exact) mass is 463 g/mol. The summed E-state index contributed by atoms with van der Waals surface area (Å²) in [5.74, 6) is 0.766. The number of Topliss-reactive ketones (excluding diaryl/α,β-unsaturated/α-hetero) is 1. The highest BCUT2D eigenvalue weighted by Crippen LogP contribution is 2.40. The summed E-state index contributed by atoms with van der Waals surface area (Å²) >= 11 is 1.22. The molecular weight excluding hydrogens is 438 g/mol. The molecule has 4 aromatic rings. The van der Waals surface area contributed by atoms with Gasteiger partial charge in [-0.05, 0) is 25.5 Å². The van der Waals surface area contributed by atoms with Crippen LogP contribution in [0.15, 0.2) is 48.8 Å². The molecule has 0 atom stereocenters. The van der Waals surface area contributed by atoms with Crippen molar-refractivity contribution in [1.29, 1.82) is 0 Å². The van der Waals surface area contributed by atoms with Crippen LogP contribution >= 0.6 is 11.3 Å². The largest absolute Gasteiger partial charge is 0.487 e. The van der Waals surface area contributed by atoms with Crippen molar-refractivity contribution in [2.24, 2.45) is 0 Å². The molecule has 3 aromatic heterocycles. The average molecular weight is 464 g/mol. The van der Waals surface area contributed by atoms with Crippen LogP contribution in [0.4, 0.5) is 11.6 Å². The number of nitrogens with zero attached hydrogens (tertiary/aromatic N) is 3. The molecule has 0 spiro atoms. The van der Waals surface area contributed by atoms with Gasteiger partial charge in [0.05, 0.1) is 40.0 Å². The summed E-state index contributed by atoms with van der Waals surface area (Å²) in [4.78, 5) is 26.7. The number of ketones is 1. The van der Waals surface area contributed by atoms with Gasteiger partial charge in [0.15, 0.2) is 5.78 Å². The van der Waals surface area contributed by atoms with E-state index >= 15 is 0 Å². The van der Waals surface area contributed by atoms with Crippen LogP contribution in [-0.4, -0.2) is 38.0 Å². The number of rotatable bonds is 8. The lowest BCUT2D eigenvalue weighted by Gasteiger charge is -2.23. The topological polar surface area (TPSA) is 123 Å². The molecule has 0 saturated carbocycles. The molecule has 0 saturated heterocycles. The smallest absolute Gasteiger partial charge is 0.225 e. The molecule has 4 N–H and O–H groups in total. The van der Waals surface area contributed by atoms with Gasteiger partial charge in [-0.15, -0.1) is 11.3 Å². The number of aromatic nitrogens is 3. The number of thiophene rings is 1. The Morgan fingerprint density at radius 2 is 1.97 bits per heavy atom. The van der Waals surface area contributed by atoms with Gasteiger partial charge in [0.2, 0.25) is 5.95 Å². The fourth-order valence-electron chi connectivity index (χ4n) is 3.26. The lowest BCUT2D eigenvalue weighted by atomic mass is 10.1. The molecule has 0 aliphatic heterocycles. The van der Waals surface area contributed by atoms with E-state index < -0.39 is 5.54 Å². The third kappa shape index (κ3) is 4.94. The summed E-state index contributed by atoms with van der Waals surface area (Å²) in [6, 6.07) is 11.7. The van der Waals surface area contributed by atoms with Crippen LogP contribution in [-0.2, 0) is 6.61 Å². The number of hydrogen-bond donors (Lipinski definition) is 3. The maximum Gasteiger partial charge on any atom is 0.225 e. The second kappa shape index (κ2) is 9.13. The normalized spacial score (nSPS) is 11.5. The highest BCUT2D eigenvalue weighted by molar-refractivity contribution is 7.21. The Morgan fingerprint density at radius 1 is 1.21 bits per heavy atom. The van der Waals surface area contributed by atoms with Crippen molar-refractivity contribution in [3.05, 3.63) is 59.2 Å². The van der Waals surface area contributed by atoms with Crippen molar-refractivity contribution in [3.8, 4) is 17.0 Å². The van der Waals surface area contributed by atoms with Gasteiger partial charge in [-0.2, -0.15) is 0 Å². The zero-order valence-electron chi connectivity index (χ0n) is 18.6. The average Bonchev–Trinajstić information content (AvgIpc) is 3.14. The molecule has 33 heavy (non-hydrogen) atoms. The minimum Gasteiger partial charge on any atom is -0.487 e. The molecule has 1 aromatic carbocycles. The number of benzene rings is 1. The number of nitrogens with one attached hydrogen (secondary N) is 1. The highest BCUT2D eigenvalue weighted by Gasteiger charge is 2.23. The second-order valence-corrected chi connectivity index (χ2v) is 9.33. The molecule has 170 valence electrons. The SMILES string of the molecule is CC(=O)c1sc2nc(NC(C)(C)CO)nc(-c3cncc(OCc4ccccc4)c3)c2c1N. The molecule has 0 radical (unpaired) electrons. The van der Waals surface area contributed by atoms with Crippen LogP contribution in [0.1, 0.15) is 36.0 Å². The van der Waals surface area contributed by atoms with E-state index in [1.54, 1.807) is 12.4 Å². The van der Waals surface area contributed by atoms with E-state index in [0.717, 1.165) is 5.56 Å². The van der Waals surface area contributed by atoms with E-state index in [-0.39, 0.29) is 12.4 Å². The Hall–Kier alpha value is -3.56. The minimum atomic E-state index is -0.643. The minimum absolute atomic E-state index is 0.112. The summed E-state index contributed by atoms with van der Waals surface area (Å²) in [6.45, 7) is 5.44. The van der Waals surface area contributed by atoms with Crippen molar-refractivity contribution >= 4 is 39.0 Å². The predicted molar refractivity (Wildman–Crippen MR) is 131 cm³/mol. The van der Waals surface area contributed by atoms with Crippen LogP contribution in [0.3, 0.4) is 0 Å². The van der Waals surface area contributed by atoms with Crippen LogP contribution in [0.2, 0.25) is 0 Å². The fourth-order valence-corrected chi connectivity index (χ4v) is 4.25. The number of carbonyl (C=O) groups excluding carboxylic acids is 1. The quantitative estimate of drug-likeness (QED) is 0.331. The molecule has 0 amide bonds. The summed E-state index contributed by atoms with van der Waals surface area (Å²) < 4.78 is 5.93. The first-order chi connectivity index (χ1) is 15.8. The maximum atomic E-state index is 12.1. The van der Waals surface area contributed by atoms with Crippen molar-refractivity contribution in [2.75, 3.05) is 17.7 Å². The molecule has 0 aliphatic rings. The van der Waals surface area contributed by atoms with Gasteiger partial charge >= 0.3 is 0 Å². The van der Waals surface area contributed by atoms with Gasteiger partial charge in [-0.25, -0.2) is 9.97 Å². The predicted octanol–water partition coefficient (Wildman–Crippen LogP) is 4.30. The standard InChI is InChI=1S/C24H25N5O3S/c1-14(31)21-19(25)18-20(27-23(28-22(18)33-21)29-24(2,3)13-30)16-9-17(11-26-10-16)32-12-15-7-5-4-6-8-15/h4-11,30H,12-13,25H2,1-3H3,(H,27,28,29). The Kier molecular flexibility index (Phi) is 6.26. The van der Waals surface area contributed by atoms with E-state index in [4.69, 9.17) is 10.5 Å². The molecule has 4 rings (SSSR count). The molecule has 0 aliphatic carbocycles. The molecule has 0 unspecified atom stereocenters. The Morgan fingerprint density at radius 3 is 2.67 bits per heavy atom. The number of anilines is 2. The zero-order valence-corrected chi connectivity index (χ0v) is 19.4. The third-order valence-electron chi connectivity index (χ3n) is 4.99. The molecule has 8 nitrogen and oxygen atoms in total. The van der Waals surface area contributed by atoms with Gasteiger partial charge in [-0.1, -0.05) is 30.3 Å². The van der Waals surface area contributed by atoms with Crippen molar-refractivity contribution < 1.29 is 14.6 Å². The molecule has 3 heterocycles. The Bertz CT molecular complexity index is 1300. The van der Waals surface area contributed by atoms with E-state index in [0.29, 0.717) is 50.3 Å². The first kappa shape index (κ1) is 22.6. The number of pyridine rings is 1. The number of aliphatic hydroxyl groups excluding tert-OH is 1. The van der Waals surface area contributed by atoms with Gasteiger partial charge in [0, 0.05) is 18.7 Å². The molecule has 9 heteroatoms. The van der Waals surface area contributed by atoms with Crippen molar-refractivity contribution in [2.45, 2.75) is 32.9 Å². The zero-order chi connectivity index (χ0) is 23.6. The van der Waals surface area contributed by atoms with Crippen LogP contribution in [0, 0.1) is 0 Å². The van der Waals surface area contributed by atoms with Crippen LogP contribution in [0.5, 0.6) is 5.75 Å². The summed E-state index contributed by atoms with van der Waals surface area (Å²) in [7, 11) is 0. The summed E-state index contributed by atoms with van der Waals surface area (Å²) in [5, 5.41) is 13.4. The number of nitrogens with two attached hydrogens (primary N) is 1. The number of nitrogen functional groups attached to an aromatic ring is 1. The van der Waals surface area contributed by atoms with Crippen molar-refractivity contribution in [1.82, 2.24) is 15.0 Å². The number of aliphatic hydroxyl groups is 1. The fraction of sp³-hybridized carbons (Fsp3) is 0.250. The number of ether oxygens (including phenoxy) is 1.